The molecule has 0 spiro atoms. The lowest BCUT2D eigenvalue weighted by Crippen LogP contribution is -2.47. The molecular weight excluding hydrogens is 444 g/mol. The van der Waals surface area contributed by atoms with E-state index in [1.165, 1.54) is 6.42 Å². The van der Waals surface area contributed by atoms with E-state index in [0.29, 0.717) is 37.8 Å². The van der Waals surface area contributed by atoms with Crippen molar-refractivity contribution in [3.63, 3.8) is 0 Å². The van der Waals surface area contributed by atoms with Crippen LogP contribution in [0.3, 0.4) is 0 Å². The van der Waals surface area contributed by atoms with Crippen molar-refractivity contribution in [1.82, 2.24) is 19.3 Å². The molecule has 3 aliphatic rings. The highest BCUT2D eigenvalue weighted by Crippen LogP contribution is 2.28. The predicted molar refractivity (Wildman–Crippen MR) is 134 cm³/mol. The van der Waals surface area contributed by atoms with E-state index < -0.39 is 5.60 Å². The van der Waals surface area contributed by atoms with Gasteiger partial charge in [-0.1, -0.05) is 6.92 Å². The molecule has 0 saturated carbocycles. The molecule has 35 heavy (non-hydrogen) atoms. The number of rotatable bonds is 3. The number of carbonyl (C=O) groups is 3. The number of nitrogens with zero attached hydrogens (tertiary/aromatic N) is 4. The van der Waals surface area contributed by atoms with Gasteiger partial charge in [0.15, 0.2) is 0 Å². The van der Waals surface area contributed by atoms with Crippen molar-refractivity contribution in [1.29, 1.82) is 0 Å². The fourth-order valence-corrected chi connectivity index (χ4v) is 5.69. The SMILES string of the molecule is CC1CCCN(C(=O)C2CCN(C(=O)c3cccn3C3CCN(C(=O)OC(C)(C)C)CC3)CC2)C1. The molecule has 3 aliphatic heterocycles. The summed E-state index contributed by atoms with van der Waals surface area (Å²) in [6.07, 6.45) is 7.08. The van der Waals surface area contributed by atoms with Crippen LogP contribution in [-0.4, -0.2) is 82.0 Å². The summed E-state index contributed by atoms with van der Waals surface area (Å²) in [6, 6.07) is 4.01. The first-order valence-corrected chi connectivity index (χ1v) is 13.3. The summed E-state index contributed by atoms with van der Waals surface area (Å²) in [6.45, 7) is 12.1. The first kappa shape index (κ1) is 25.6. The third-order valence-electron chi connectivity index (χ3n) is 7.61. The maximum absolute atomic E-state index is 13.4. The fourth-order valence-electron chi connectivity index (χ4n) is 5.69. The number of carbonyl (C=O) groups excluding carboxylic acids is 3. The molecule has 1 unspecified atom stereocenters. The predicted octanol–water partition coefficient (Wildman–Crippen LogP) is 4.17. The molecular formula is C27H42N4O4. The molecule has 0 aliphatic carbocycles. The highest BCUT2D eigenvalue weighted by atomic mass is 16.6. The van der Waals surface area contributed by atoms with Gasteiger partial charge < -0.3 is 24.0 Å². The van der Waals surface area contributed by atoms with Gasteiger partial charge in [-0.25, -0.2) is 4.79 Å². The normalized spacial score (nSPS) is 22.9. The van der Waals surface area contributed by atoms with Crippen molar-refractivity contribution in [2.75, 3.05) is 39.3 Å². The number of hydrogen-bond acceptors (Lipinski definition) is 4. The molecule has 4 heterocycles. The minimum atomic E-state index is -0.502. The molecule has 4 rings (SSSR count). The summed E-state index contributed by atoms with van der Waals surface area (Å²) in [5.41, 5.74) is 0.202. The molecule has 1 atom stereocenters. The maximum Gasteiger partial charge on any atom is 0.410 e. The lowest BCUT2D eigenvalue weighted by Gasteiger charge is -2.37. The average molecular weight is 487 g/mol. The summed E-state index contributed by atoms with van der Waals surface area (Å²) in [5, 5.41) is 0. The van der Waals surface area contributed by atoms with Gasteiger partial charge in [0.25, 0.3) is 5.91 Å². The zero-order valence-corrected chi connectivity index (χ0v) is 21.9. The Labute approximate surface area is 209 Å². The molecule has 8 heteroatoms. The van der Waals surface area contributed by atoms with Gasteiger partial charge in [0.2, 0.25) is 5.91 Å². The van der Waals surface area contributed by atoms with Crippen LogP contribution in [-0.2, 0) is 9.53 Å². The van der Waals surface area contributed by atoms with E-state index in [4.69, 9.17) is 4.74 Å². The van der Waals surface area contributed by atoms with E-state index in [2.05, 4.69) is 11.5 Å². The quantitative estimate of drug-likeness (QED) is 0.643. The Morgan fingerprint density at radius 2 is 1.54 bits per heavy atom. The summed E-state index contributed by atoms with van der Waals surface area (Å²) < 4.78 is 7.59. The van der Waals surface area contributed by atoms with E-state index in [1.54, 1.807) is 4.90 Å². The molecule has 1 aromatic rings. The second-order valence-corrected chi connectivity index (χ2v) is 11.6. The Balaban J connectivity index is 1.30. The van der Waals surface area contributed by atoms with Crippen LogP contribution in [0.25, 0.3) is 0 Å². The van der Waals surface area contributed by atoms with Gasteiger partial charge in [0.05, 0.1) is 0 Å². The van der Waals surface area contributed by atoms with E-state index in [1.807, 2.05) is 48.9 Å². The summed E-state index contributed by atoms with van der Waals surface area (Å²) in [7, 11) is 0. The molecule has 0 N–H and O–H groups in total. The molecule has 194 valence electrons. The van der Waals surface area contributed by atoms with E-state index in [0.717, 1.165) is 45.2 Å². The first-order valence-electron chi connectivity index (χ1n) is 13.3. The van der Waals surface area contributed by atoms with Gasteiger partial charge in [-0.05, 0) is 77.3 Å². The fraction of sp³-hybridized carbons (Fsp3) is 0.741. The Morgan fingerprint density at radius 3 is 2.17 bits per heavy atom. The van der Waals surface area contributed by atoms with Crippen LogP contribution in [0.4, 0.5) is 4.79 Å². The van der Waals surface area contributed by atoms with Crippen LogP contribution < -0.4 is 0 Å². The van der Waals surface area contributed by atoms with Crippen molar-refractivity contribution in [3.05, 3.63) is 24.0 Å². The van der Waals surface area contributed by atoms with E-state index in [9.17, 15) is 14.4 Å². The Morgan fingerprint density at radius 1 is 0.886 bits per heavy atom. The lowest BCUT2D eigenvalue weighted by atomic mass is 9.92. The number of likely N-dealkylation sites (tertiary alicyclic amines) is 3. The summed E-state index contributed by atoms with van der Waals surface area (Å²) >= 11 is 0. The highest BCUT2D eigenvalue weighted by Gasteiger charge is 2.34. The van der Waals surface area contributed by atoms with Gasteiger partial charge in [-0.15, -0.1) is 0 Å². The van der Waals surface area contributed by atoms with Gasteiger partial charge in [0, 0.05) is 57.4 Å². The summed E-state index contributed by atoms with van der Waals surface area (Å²) in [5.74, 6) is 0.942. The molecule has 8 nitrogen and oxygen atoms in total. The number of ether oxygens (including phenoxy) is 1. The van der Waals surface area contributed by atoms with Gasteiger partial charge >= 0.3 is 6.09 Å². The molecule has 3 saturated heterocycles. The van der Waals surface area contributed by atoms with Crippen molar-refractivity contribution in [2.24, 2.45) is 11.8 Å². The van der Waals surface area contributed by atoms with Gasteiger partial charge in [-0.3, -0.25) is 9.59 Å². The van der Waals surface area contributed by atoms with Gasteiger partial charge in [0.1, 0.15) is 11.3 Å². The smallest absolute Gasteiger partial charge is 0.410 e. The second-order valence-electron chi connectivity index (χ2n) is 11.6. The van der Waals surface area contributed by atoms with Crippen LogP contribution in [0.15, 0.2) is 18.3 Å². The molecule has 3 amide bonds. The largest absolute Gasteiger partial charge is 0.444 e. The Hall–Kier alpha value is -2.51. The standard InChI is InChI=1S/C27H42N4O4/c1-20-7-5-13-30(19-20)24(32)21-9-15-28(16-10-21)25(33)23-8-6-14-31(23)22-11-17-29(18-12-22)26(34)35-27(2,3)4/h6,8,14,20-22H,5,7,9-13,15-19H2,1-4H3. The molecule has 0 bridgehead atoms. The molecule has 0 aromatic carbocycles. The van der Waals surface area contributed by atoms with E-state index >= 15 is 0 Å². The number of hydrogen-bond donors (Lipinski definition) is 0. The summed E-state index contributed by atoms with van der Waals surface area (Å²) in [4.78, 5) is 44.5. The van der Waals surface area contributed by atoms with Crippen LogP contribution in [0.1, 0.15) is 82.8 Å². The minimum absolute atomic E-state index is 0.0355. The van der Waals surface area contributed by atoms with Crippen molar-refractivity contribution in [2.45, 2.75) is 77.9 Å². The van der Waals surface area contributed by atoms with Crippen LogP contribution >= 0.6 is 0 Å². The average Bonchev–Trinajstić information content (AvgIpc) is 3.32. The lowest BCUT2D eigenvalue weighted by molar-refractivity contribution is -0.138. The minimum Gasteiger partial charge on any atom is -0.444 e. The zero-order chi connectivity index (χ0) is 25.2. The maximum atomic E-state index is 13.4. The number of amides is 3. The number of aromatic nitrogens is 1. The third kappa shape index (κ3) is 6.19. The molecule has 3 fully saturated rings. The number of piperidine rings is 3. The van der Waals surface area contributed by atoms with E-state index in [-0.39, 0.29) is 29.9 Å². The van der Waals surface area contributed by atoms with Crippen LogP contribution in [0.5, 0.6) is 0 Å². The molecule has 0 radical (unpaired) electrons. The zero-order valence-electron chi connectivity index (χ0n) is 21.9. The first-order chi connectivity index (χ1) is 16.6. The van der Waals surface area contributed by atoms with Gasteiger partial charge in [-0.2, -0.15) is 0 Å². The Kier molecular flexibility index (Phi) is 7.77. The third-order valence-corrected chi connectivity index (χ3v) is 7.61. The monoisotopic (exact) mass is 486 g/mol. The van der Waals surface area contributed by atoms with Crippen molar-refractivity contribution < 1.29 is 19.1 Å². The topological polar surface area (TPSA) is 75.1 Å². The van der Waals surface area contributed by atoms with Crippen LogP contribution in [0, 0.1) is 11.8 Å². The Bertz CT molecular complexity index is 905. The van der Waals surface area contributed by atoms with Crippen molar-refractivity contribution in [3.8, 4) is 0 Å². The second kappa shape index (κ2) is 10.6. The highest BCUT2D eigenvalue weighted by molar-refractivity contribution is 5.93. The van der Waals surface area contributed by atoms with Crippen molar-refractivity contribution >= 4 is 17.9 Å². The molecule has 1 aromatic heterocycles. The van der Waals surface area contributed by atoms with Crippen LogP contribution in [0.2, 0.25) is 0 Å².